The first-order chi connectivity index (χ1) is 7.36. The summed E-state index contributed by atoms with van der Waals surface area (Å²) >= 11 is 3.21. The fraction of sp³-hybridized carbons (Fsp3) is 0.364. The number of benzene rings is 1. The Bertz CT molecular complexity index is 407. The molecule has 3 N–H and O–H groups in total. The summed E-state index contributed by atoms with van der Waals surface area (Å²) in [4.78, 5) is 11.8. The molecule has 5 heteroatoms. The smallest absolute Gasteiger partial charge is 0.231 e. The molecule has 0 aliphatic rings. The van der Waals surface area contributed by atoms with E-state index in [0.717, 1.165) is 0 Å². The van der Waals surface area contributed by atoms with Crippen LogP contribution in [0.25, 0.3) is 0 Å². The van der Waals surface area contributed by atoms with E-state index >= 15 is 0 Å². The Balaban J connectivity index is 2.89. The van der Waals surface area contributed by atoms with Gasteiger partial charge in [0.05, 0.1) is 11.1 Å². The molecule has 0 fully saturated rings. The van der Waals surface area contributed by atoms with Crippen molar-refractivity contribution in [2.24, 2.45) is 11.1 Å². The largest absolute Gasteiger partial charge is 0.329 e. The van der Waals surface area contributed by atoms with Gasteiger partial charge in [-0.1, -0.05) is 15.9 Å². The molecule has 3 nitrogen and oxygen atoms in total. The lowest BCUT2D eigenvalue weighted by Crippen LogP contribution is -2.37. The number of rotatable bonds is 3. The molecule has 1 aromatic rings. The van der Waals surface area contributed by atoms with E-state index in [4.69, 9.17) is 5.73 Å². The van der Waals surface area contributed by atoms with E-state index in [0.29, 0.717) is 4.47 Å². The molecule has 0 spiro atoms. The van der Waals surface area contributed by atoms with Crippen LogP contribution < -0.4 is 11.1 Å². The molecule has 0 saturated heterocycles. The summed E-state index contributed by atoms with van der Waals surface area (Å²) in [6.45, 7) is 3.62. The summed E-state index contributed by atoms with van der Waals surface area (Å²) in [5, 5.41) is 2.52. The Morgan fingerprint density at radius 1 is 1.56 bits per heavy atom. The van der Waals surface area contributed by atoms with E-state index in [1.54, 1.807) is 19.9 Å². The van der Waals surface area contributed by atoms with E-state index in [9.17, 15) is 9.18 Å². The first-order valence-electron chi connectivity index (χ1n) is 4.83. The van der Waals surface area contributed by atoms with Crippen molar-refractivity contribution in [2.45, 2.75) is 13.8 Å². The number of anilines is 1. The summed E-state index contributed by atoms with van der Waals surface area (Å²) in [6.07, 6.45) is 0. The lowest BCUT2D eigenvalue weighted by atomic mass is 9.92. The van der Waals surface area contributed by atoms with E-state index in [2.05, 4.69) is 21.2 Å². The zero-order valence-electron chi connectivity index (χ0n) is 9.18. The minimum absolute atomic E-state index is 0.154. The first kappa shape index (κ1) is 13.1. The van der Waals surface area contributed by atoms with Gasteiger partial charge < -0.3 is 11.1 Å². The molecule has 1 aromatic carbocycles. The fourth-order valence-electron chi connectivity index (χ4n) is 0.977. The average Bonchev–Trinajstić information content (AvgIpc) is 2.23. The summed E-state index contributed by atoms with van der Waals surface area (Å²) in [7, 11) is 0. The van der Waals surface area contributed by atoms with Gasteiger partial charge in [0.1, 0.15) is 5.82 Å². The predicted octanol–water partition coefficient (Wildman–Crippen LogP) is 2.51. The van der Waals surface area contributed by atoms with Crippen LogP contribution in [0.3, 0.4) is 0 Å². The van der Waals surface area contributed by atoms with Gasteiger partial charge in [-0.15, -0.1) is 0 Å². The molecule has 88 valence electrons. The molecule has 0 aliphatic carbocycles. The summed E-state index contributed by atoms with van der Waals surface area (Å²) in [5.74, 6) is -0.767. The van der Waals surface area contributed by atoms with Gasteiger partial charge in [0, 0.05) is 11.0 Å². The van der Waals surface area contributed by atoms with E-state index in [-0.39, 0.29) is 18.1 Å². The molecule has 0 unspecified atom stereocenters. The monoisotopic (exact) mass is 288 g/mol. The Kier molecular flexibility index (Phi) is 4.04. The normalized spacial score (nSPS) is 11.3. The van der Waals surface area contributed by atoms with Crippen LogP contribution in [0.5, 0.6) is 0 Å². The van der Waals surface area contributed by atoms with Gasteiger partial charge >= 0.3 is 0 Å². The van der Waals surface area contributed by atoms with Crippen LogP contribution in [0.15, 0.2) is 22.7 Å². The van der Waals surface area contributed by atoms with Crippen molar-refractivity contribution in [1.82, 2.24) is 0 Å². The number of carbonyl (C=O) groups is 1. The maximum atomic E-state index is 13.4. The summed E-state index contributed by atoms with van der Waals surface area (Å²) in [6, 6.07) is 4.37. The molecule has 16 heavy (non-hydrogen) atoms. The van der Waals surface area contributed by atoms with Gasteiger partial charge in [0.25, 0.3) is 0 Å². The lowest BCUT2D eigenvalue weighted by molar-refractivity contribution is -0.123. The van der Waals surface area contributed by atoms with Crippen LogP contribution in [0.4, 0.5) is 10.1 Å². The van der Waals surface area contributed by atoms with E-state index < -0.39 is 11.2 Å². The first-order valence-corrected chi connectivity index (χ1v) is 5.62. The Morgan fingerprint density at radius 3 is 2.75 bits per heavy atom. The number of hydrogen-bond acceptors (Lipinski definition) is 2. The van der Waals surface area contributed by atoms with E-state index in [1.807, 2.05) is 0 Å². The van der Waals surface area contributed by atoms with Gasteiger partial charge in [-0.2, -0.15) is 0 Å². The summed E-state index contributed by atoms with van der Waals surface area (Å²) < 4.78 is 14.1. The van der Waals surface area contributed by atoms with Crippen molar-refractivity contribution in [3.8, 4) is 0 Å². The van der Waals surface area contributed by atoms with Crippen molar-refractivity contribution < 1.29 is 9.18 Å². The van der Waals surface area contributed by atoms with Gasteiger partial charge in [0.2, 0.25) is 5.91 Å². The van der Waals surface area contributed by atoms with Gasteiger partial charge in [-0.3, -0.25) is 4.79 Å². The second-order valence-electron chi connectivity index (χ2n) is 4.17. The van der Waals surface area contributed by atoms with Crippen molar-refractivity contribution in [3.63, 3.8) is 0 Å². The SMILES string of the molecule is CC(C)(CN)C(=O)Nc1cc(Br)ccc1F. The molecule has 0 radical (unpaired) electrons. The minimum atomic E-state index is -0.714. The van der Waals surface area contributed by atoms with Crippen LogP contribution in [-0.2, 0) is 4.79 Å². The van der Waals surface area contributed by atoms with Crippen molar-refractivity contribution in [2.75, 3.05) is 11.9 Å². The molecular weight excluding hydrogens is 275 g/mol. The number of carbonyl (C=O) groups excluding carboxylic acids is 1. The molecule has 0 aliphatic heterocycles. The van der Waals surface area contributed by atoms with Crippen LogP contribution in [0, 0.1) is 11.2 Å². The Hall–Kier alpha value is -0.940. The fourth-order valence-corrected chi connectivity index (χ4v) is 1.34. The average molecular weight is 289 g/mol. The van der Waals surface area contributed by atoms with Gasteiger partial charge in [-0.05, 0) is 32.0 Å². The maximum absolute atomic E-state index is 13.4. The quantitative estimate of drug-likeness (QED) is 0.898. The van der Waals surface area contributed by atoms with E-state index in [1.165, 1.54) is 12.1 Å². The molecule has 0 aromatic heterocycles. The molecule has 0 saturated carbocycles. The summed E-state index contributed by atoms with van der Waals surface area (Å²) in [5.41, 5.74) is 4.91. The van der Waals surface area contributed by atoms with Crippen molar-refractivity contribution in [3.05, 3.63) is 28.5 Å². The third kappa shape index (κ3) is 3.02. The van der Waals surface area contributed by atoms with Gasteiger partial charge in [0.15, 0.2) is 0 Å². The zero-order valence-corrected chi connectivity index (χ0v) is 10.8. The number of halogens is 2. The zero-order chi connectivity index (χ0) is 12.3. The molecule has 0 heterocycles. The Morgan fingerprint density at radius 2 is 2.19 bits per heavy atom. The highest BCUT2D eigenvalue weighted by Crippen LogP contribution is 2.22. The Labute approximate surface area is 102 Å². The molecule has 0 atom stereocenters. The highest BCUT2D eigenvalue weighted by molar-refractivity contribution is 9.10. The second kappa shape index (κ2) is 4.93. The number of hydrogen-bond donors (Lipinski definition) is 2. The molecule has 1 rings (SSSR count). The maximum Gasteiger partial charge on any atom is 0.231 e. The molecular formula is C11H14BrFN2O. The third-order valence-electron chi connectivity index (χ3n) is 2.30. The highest BCUT2D eigenvalue weighted by Gasteiger charge is 2.26. The molecule has 0 bridgehead atoms. The van der Waals surface area contributed by atoms with Crippen LogP contribution in [0.2, 0.25) is 0 Å². The number of nitrogens with two attached hydrogens (primary N) is 1. The number of nitrogens with one attached hydrogen (secondary N) is 1. The van der Waals surface area contributed by atoms with Crippen molar-refractivity contribution >= 4 is 27.5 Å². The lowest BCUT2D eigenvalue weighted by Gasteiger charge is -2.21. The minimum Gasteiger partial charge on any atom is -0.329 e. The molecule has 1 amide bonds. The third-order valence-corrected chi connectivity index (χ3v) is 2.79. The second-order valence-corrected chi connectivity index (χ2v) is 5.08. The standard InChI is InChI=1S/C11H14BrFN2O/c1-11(2,6-14)10(16)15-9-5-7(12)3-4-8(9)13/h3-5H,6,14H2,1-2H3,(H,15,16). The predicted molar refractivity (Wildman–Crippen MR) is 65.6 cm³/mol. The highest BCUT2D eigenvalue weighted by atomic mass is 79.9. The van der Waals surface area contributed by atoms with Crippen LogP contribution in [0.1, 0.15) is 13.8 Å². The van der Waals surface area contributed by atoms with Crippen molar-refractivity contribution in [1.29, 1.82) is 0 Å². The topological polar surface area (TPSA) is 55.1 Å². The number of amides is 1. The van der Waals surface area contributed by atoms with Crippen LogP contribution >= 0.6 is 15.9 Å². The van der Waals surface area contributed by atoms with Gasteiger partial charge in [-0.25, -0.2) is 4.39 Å². The van der Waals surface area contributed by atoms with Crippen LogP contribution in [-0.4, -0.2) is 12.5 Å².